The van der Waals surface area contributed by atoms with E-state index in [0.717, 1.165) is 11.5 Å². The standard InChI is InChI=1S/C11H9ClN2O4S2/c12-11-5-10(2-1-8(11)6-13)20(17,18)14-9-3-4-19(15,16)7-9/h1-5,9,14H,7H2. The van der Waals surface area contributed by atoms with Crippen LogP contribution in [0.15, 0.2) is 34.6 Å². The minimum absolute atomic E-state index is 0.0185. The second-order valence-electron chi connectivity index (χ2n) is 4.14. The fraction of sp³-hybridized carbons (Fsp3) is 0.182. The molecule has 0 saturated heterocycles. The normalized spacial score (nSPS) is 20.7. The van der Waals surface area contributed by atoms with Crippen molar-refractivity contribution in [3.8, 4) is 6.07 Å². The predicted octanol–water partition coefficient (Wildman–Crippen LogP) is 0.801. The molecule has 0 amide bonds. The molecular formula is C11H9ClN2O4S2. The van der Waals surface area contributed by atoms with Gasteiger partial charge >= 0.3 is 0 Å². The lowest BCUT2D eigenvalue weighted by Gasteiger charge is -2.11. The Bertz CT molecular complexity index is 822. The molecule has 1 aromatic carbocycles. The molecule has 0 aromatic heterocycles. The minimum atomic E-state index is -3.90. The lowest BCUT2D eigenvalue weighted by molar-refractivity contribution is 0.575. The smallest absolute Gasteiger partial charge is 0.224 e. The average Bonchev–Trinajstić information content (AvgIpc) is 2.67. The zero-order chi connectivity index (χ0) is 15.0. The van der Waals surface area contributed by atoms with Gasteiger partial charge in [0.2, 0.25) is 10.0 Å². The molecule has 1 N–H and O–H groups in total. The lowest BCUT2D eigenvalue weighted by atomic mass is 10.2. The van der Waals surface area contributed by atoms with Crippen LogP contribution < -0.4 is 4.72 Å². The summed E-state index contributed by atoms with van der Waals surface area (Å²) in [6.45, 7) is 0. The molecule has 0 bridgehead atoms. The zero-order valence-corrected chi connectivity index (χ0v) is 12.3. The van der Waals surface area contributed by atoms with E-state index in [1.807, 2.05) is 6.07 Å². The monoisotopic (exact) mass is 332 g/mol. The van der Waals surface area contributed by atoms with Crippen LogP contribution in [0, 0.1) is 11.3 Å². The topological polar surface area (TPSA) is 104 Å². The van der Waals surface area contributed by atoms with E-state index in [1.54, 1.807) is 0 Å². The second kappa shape index (κ2) is 5.18. The van der Waals surface area contributed by atoms with Crippen LogP contribution in [0.25, 0.3) is 0 Å². The molecule has 0 aliphatic carbocycles. The van der Waals surface area contributed by atoms with Gasteiger partial charge < -0.3 is 0 Å². The van der Waals surface area contributed by atoms with Crippen LogP contribution in [0.2, 0.25) is 5.02 Å². The van der Waals surface area contributed by atoms with Crippen molar-refractivity contribution < 1.29 is 16.8 Å². The third-order valence-electron chi connectivity index (χ3n) is 2.61. The highest BCUT2D eigenvalue weighted by molar-refractivity contribution is 7.94. The Hall–Kier alpha value is -1.40. The van der Waals surface area contributed by atoms with Crippen LogP contribution in [0.3, 0.4) is 0 Å². The van der Waals surface area contributed by atoms with Crippen molar-refractivity contribution in [1.29, 1.82) is 5.26 Å². The lowest BCUT2D eigenvalue weighted by Crippen LogP contribution is -2.35. The highest BCUT2D eigenvalue weighted by Gasteiger charge is 2.27. The van der Waals surface area contributed by atoms with Gasteiger partial charge in [0, 0.05) is 5.41 Å². The van der Waals surface area contributed by atoms with Crippen LogP contribution in [0.4, 0.5) is 0 Å². The average molecular weight is 333 g/mol. The van der Waals surface area contributed by atoms with Crippen molar-refractivity contribution in [1.82, 2.24) is 4.72 Å². The van der Waals surface area contributed by atoms with Gasteiger partial charge in [-0.15, -0.1) is 0 Å². The van der Waals surface area contributed by atoms with Crippen molar-refractivity contribution in [3.63, 3.8) is 0 Å². The van der Waals surface area contributed by atoms with E-state index in [0.29, 0.717) is 0 Å². The molecule has 2 rings (SSSR count). The number of rotatable bonds is 3. The maximum absolute atomic E-state index is 12.1. The van der Waals surface area contributed by atoms with Crippen molar-refractivity contribution in [2.24, 2.45) is 0 Å². The van der Waals surface area contributed by atoms with E-state index in [4.69, 9.17) is 16.9 Å². The Morgan fingerprint density at radius 2 is 2.10 bits per heavy atom. The molecular weight excluding hydrogens is 324 g/mol. The first-order chi connectivity index (χ1) is 9.23. The zero-order valence-electron chi connectivity index (χ0n) is 9.95. The summed E-state index contributed by atoms with van der Waals surface area (Å²) in [6, 6.07) is 4.69. The number of hydrogen-bond donors (Lipinski definition) is 1. The number of halogens is 1. The first-order valence-electron chi connectivity index (χ1n) is 5.36. The van der Waals surface area contributed by atoms with Crippen LogP contribution in [-0.2, 0) is 19.9 Å². The van der Waals surface area contributed by atoms with E-state index in [2.05, 4.69) is 4.72 Å². The molecule has 1 heterocycles. The summed E-state index contributed by atoms with van der Waals surface area (Å²) in [5, 5.41) is 9.72. The molecule has 0 fully saturated rings. The highest BCUT2D eigenvalue weighted by atomic mass is 35.5. The SMILES string of the molecule is N#Cc1ccc(S(=O)(=O)NC2C=CS(=O)(=O)C2)cc1Cl. The fourth-order valence-corrected chi connectivity index (χ4v) is 4.52. The predicted molar refractivity (Wildman–Crippen MR) is 73.2 cm³/mol. The number of nitrogens with one attached hydrogen (secondary N) is 1. The Balaban J connectivity index is 2.26. The van der Waals surface area contributed by atoms with Crippen molar-refractivity contribution in [2.75, 3.05) is 5.75 Å². The molecule has 0 spiro atoms. The van der Waals surface area contributed by atoms with E-state index in [-0.39, 0.29) is 21.2 Å². The molecule has 0 radical (unpaired) electrons. The molecule has 0 saturated carbocycles. The van der Waals surface area contributed by atoms with Gasteiger partial charge in [-0.1, -0.05) is 17.7 Å². The van der Waals surface area contributed by atoms with Gasteiger partial charge in [-0.3, -0.25) is 0 Å². The number of nitrogens with zero attached hydrogens (tertiary/aromatic N) is 1. The molecule has 106 valence electrons. The molecule has 6 nitrogen and oxygen atoms in total. The van der Waals surface area contributed by atoms with Crippen LogP contribution in [-0.4, -0.2) is 28.6 Å². The quantitative estimate of drug-likeness (QED) is 0.881. The number of benzene rings is 1. The minimum Gasteiger partial charge on any atom is -0.224 e. The Kier molecular flexibility index (Phi) is 3.88. The van der Waals surface area contributed by atoms with Crippen LogP contribution >= 0.6 is 11.6 Å². The van der Waals surface area contributed by atoms with Crippen LogP contribution in [0.1, 0.15) is 5.56 Å². The molecule has 1 aliphatic heterocycles. The molecule has 9 heteroatoms. The Morgan fingerprint density at radius 3 is 2.60 bits per heavy atom. The summed E-state index contributed by atoms with van der Waals surface area (Å²) in [5.41, 5.74) is 0.161. The fourth-order valence-electron chi connectivity index (χ4n) is 1.67. The molecule has 1 aliphatic rings. The molecule has 20 heavy (non-hydrogen) atoms. The number of sulfonamides is 1. The number of hydrogen-bond acceptors (Lipinski definition) is 5. The summed E-state index contributed by atoms with van der Waals surface area (Å²) in [6.07, 6.45) is 1.28. The van der Waals surface area contributed by atoms with Gasteiger partial charge in [0.1, 0.15) is 6.07 Å². The summed E-state index contributed by atoms with van der Waals surface area (Å²) in [4.78, 5) is -0.126. The molecule has 1 unspecified atom stereocenters. The number of sulfone groups is 1. The summed E-state index contributed by atoms with van der Waals surface area (Å²) < 4.78 is 48.8. The summed E-state index contributed by atoms with van der Waals surface area (Å²) >= 11 is 5.77. The molecule has 1 aromatic rings. The van der Waals surface area contributed by atoms with Gasteiger partial charge in [-0.05, 0) is 18.2 Å². The van der Waals surface area contributed by atoms with E-state index >= 15 is 0 Å². The molecule has 1 atom stereocenters. The van der Waals surface area contributed by atoms with Gasteiger partial charge in [-0.2, -0.15) is 5.26 Å². The van der Waals surface area contributed by atoms with Crippen molar-refractivity contribution in [3.05, 3.63) is 40.3 Å². The van der Waals surface area contributed by atoms with E-state index in [1.165, 1.54) is 18.2 Å². The second-order valence-corrected chi connectivity index (χ2v) is 8.19. The van der Waals surface area contributed by atoms with E-state index < -0.39 is 25.9 Å². The number of nitriles is 1. The summed E-state index contributed by atoms with van der Waals surface area (Å²) in [5.74, 6) is -0.309. The summed E-state index contributed by atoms with van der Waals surface area (Å²) in [7, 11) is -7.25. The van der Waals surface area contributed by atoms with Gasteiger partial charge in [0.25, 0.3) is 0 Å². The van der Waals surface area contributed by atoms with Gasteiger partial charge in [0.15, 0.2) is 9.84 Å². The highest BCUT2D eigenvalue weighted by Crippen LogP contribution is 2.21. The van der Waals surface area contributed by atoms with E-state index in [9.17, 15) is 16.8 Å². The third-order valence-corrected chi connectivity index (χ3v) is 5.80. The Labute approximate surface area is 121 Å². The Morgan fingerprint density at radius 1 is 1.40 bits per heavy atom. The maximum atomic E-state index is 12.1. The van der Waals surface area contributed by atoms with Crippen molar-refractivity contribution >= 4 is 31.5 Å². The van der Waals surface area contributed by atoms with Crippen molar-refractivity contribution in [2.45, 2.75) is 10.9 Å². The van der Waals surface area contributed by atoms with Gasteiger partial charge in [-0.25, -0.2) is 21.6 Å². The maximum Gasteiger partial charge on any atom is 0.241 e. The van der Waals surface area contributed by atoms with Gasteiger partial charge in [0.05, 0.1) is 27.3 Å². The first kappa shape index (κ1) is 15.0. The third kappa shape index (κ3) is 3.19. The largest absolute Gasteiger partial charge is 0.241 e. The first-order valence-corrected chi connectivity index (χ1v) is 8.94. The van der Waals surface area contributed by atoms with Crippen LogP contribution in [0.5, 0.6) is 0 Å².